The van der Waals surface area contributed by atoms with Gasteiger partial charge in [0.2, 0.25) is 6.79 Å². The molecule has 4 nitrogen and oxygen atoms in total. The van der Waals surface area contributed by atoms with Crippen molar-refractivity contribution in [1.29, 1.82) is 0 Å². The minimum Gasteiger partial charge on any atom is -0.486 e. The molecule has 0 saturated heterocycles. The number of hydrogen-bond acceptors (Lipinski definition) is 4. The van der Waals surface area contributed by atoms with Gasteiger partial charge in [-0.3, -0.25) is 0 Å². The van der Waals surface area contributed by atoms with Gasteiger partial charge in [0, 0.05) is 12.6 Å². The zero-order valence-corrected chi connectivity index (χ0v) is 9.84. The normalized spacial score (nSPS) is 13.2. The number of fused-ring (bicyclic) bond motifs is 1. The van der Waals surface area contributed by atoms with Gasteiger partial charge in [-0.15, -0.1) is 12.4 Å². The van der Waals surface area contributed by atoms with Crippen molar-refractivity contribution in [2.45, 2.75) is 0 Å². The van der Waals surface area contributed by atoms with Gasteiger partial charge in [0.15, 0.2) is 11.5 Å². The van der Waals surface area contributed by atoms with Gasteiger partial charge in [0.05, 0.1) is 0 Å². The Morgan fingerprint density at radius 2 is 2.18 bits per heavy atom. The summed E-state index contributed by atoms with van der Waals surface area (Å²) < 4.78 is 28.5. The van der Waals surface area contributed by atoms with Crippen LogP contribution in [0.15, 0.2) is 30.1 Å². The largest absolute Gasteiger partial charge is 0.486 e. The van der Waals surface area contributed by atoms with E-state index in [1.54, 1.807) is 18.2 Å². The van der Waals surface area contributed by atoms with Gasteiger partial charge in [-0.2, -0.15) is 0 Å². The molecule has 6 heteroatoms. The lowest BCUT2D eigenvalue weighted by atomic mass is 10.3. The third-order valence-corrected chi connectivity index (χ3v) is 2.06. The van der Waals surface area contributed by atoms with Crippen molar-refractivity contribution in [1.82, 2.24) is 0 Å². The lowest BCUT2D eigenvalue weighted by molar-refractivity contribution is 0.173. The zero-order chi connectivity index (χ0) is 11.4. The molecule has 0 aliphatic carbocycles. The molecule has 0 atom stereocenters. The van der Waals surface area contributed by atoms with Gasteiger partial charge >= 0.3 is 0 Å². The summed E-state index contributed by atoms with van der Waals surface area (Å²) in [6.45, 7) is 0.243. The maximum Gasteiger partial charge on any atom is 0.231 e. The standard InChI is InChI=1S/C11H12FNO3.ClH/c12-8(3-4-13)6-14-9-1-2-10-11(5-9)16-7-15-10;/h1-3,5H,4,6-7,13H2;1H/b8-3+;. The Morgan fingerprint density at radius 1 is 1.41 bits per heavy atom. The molecule has 0 amide bonds. The molecule has 17 heavy (non-hydrogen) atoms. The van der Waals surface area contributed by atoms with Crippen LogP contribution in [0.3, 0.4) is 0 Å². The van der Waals surface area contributed by atoms with E-state index in [2.05, 4.69) is 0 Å². The molecule has 0 aromatic heterocycles. The highest BCUT2D eigenvalue weighted by Crippen LogP contribution is 2.35. The first-order chi connectivity index (χ1) is 7.79. The van der Waals surface area contributed by atoms with Crippen LogP contribution >= 0.6 is 12.4 Å². The lowest BCUT2D eigenvalue weighted by Gasteiger charge is -2.05. The van der Waals surface area contributed by atoms with Gasteiger partial charge in [-0.1, -0.05) is 0 Å². The topological polar surface area (TPSA) is 53.7 Å². The van der Waals surface area contributed by atoms with Crippen LogP contribution in [0, 0.1) is 0 Å². The molecular formula is C11H13ClFNO3. The Labute approximate surface area is 105 Å². The highest BCUT2D eigenvalue weighted by Gasteiger charge is 2.13. The minimum absolute atomic E-state index is 0. The Hall–Kier alpha value is -1.46. The van der Waals surface area contributed by atoms with E-state index >= 15 is 0 Å². The number of nitrogens with two attached hydrogens (primary N) is 1. The molecule has 0 saturated carbocycles. The Bertz CT molecular complexity index is 412. The SMILES string of the molecule is Cl.NC/C=C(/F)COc1ccc2c(c1)OCO2. The van der Waals surface area contributed by atoms with E-state index in [0.717, 1.165) is 0 Å². The van der Waals surface area contributed by atoms with Gasteiger partial charge in [-0.25, -0.2) is 4.39 Å². The number of benzene rings is 1. The summed E-state index contributed by atoms with van der Waals surface area (Å²) >= 11 is 0. The molecule has 1 aliphatic heterocycles. The summed E-state index contributed by atoms with van der Waals surface area (Å²) in [7, 11) is 0. The molecule has 0 bridgehead atoms. The lowest BCUT2D eigenvalue weighted by Crippen LogP contribution is -2.01. The van der Waals surface area contributed by atoms with Crippen molar-refractivity contribution in [3.63, 3.8) is 0 Å². The molecule has 1 heterocycles. The highest BCUT2D eigenvalue weighted by atomic mass is 35.5. The molecule has 0 spiro atoms. The first-order valence-corrected chi connectivity index (χ1v) is 4.86. The predicted octanol–water partition coefficient (Wildman–Crippen LogP) is 2.03. The fraction of sp³-hybridized carbons (Fsp3) is 0.273. The average molecular weight is 262 g/mol. The van der Waals surface area contributed by atoms with Crippen LogP contribution < -0.4 is 19.9 Å². The van der Waals surface area contributed by atoms with Gasteiger partial charge in [-0.05, 0) is 18.2 Å². The van der Waals surface area contributed by atoms with E-state index < -0.39 is 0 Å². The van der Waals surface area contributed by atoms with E-state index in [4.69, 9.17) is 19.9 Å². The monoisotopic (exact) mass is 261 g/mol. The van der Waals surface area contributed by atoms with Crippen LogP contribution in [0.25, 0.3) is 0 Å². The molecule has 1 aliphatic rings. The summed E-state index contributed by atoms with van der Waals surface area (Å²) in [5, 5.41) is 0. The minimum atomic E-state index is -0.389. The summed E-state index contributed by atoms with van der Waals surface area (Å²) in [5.41, 5.74) is 5.16. The number of ether oxygens (including phenoxy) is 3. The Morgan fingerprint density at radius 3 is 2.94 bits per heavy atom. The van der Waals surface area contributed by atoms with Crippen LogP contribution in [0.4, 0.5) is 4.39 Å². The zero-order valence-electron chi connectivity index (χ0n) is 9.02. The van der Waals surface area contributed by atoms with Crippen molar-refractivity contribution in [3.8, 4) is 17.2 Å². The summed E-state index contributed by atoms with van der Waals surface area (Å²) in [6, 6.07) is 5.09. The highest BCUT2D eigenvalue weighted by molar-refractivity contribution is 5.85. The van der Waals surface area contributed by atoms with Crippen LogP contribution in [-0.2, 0) is 0 Å². The van der Waals surface area contributed by atoms with Gasteiger partial charge in [0.1, 0.15) is 18.2 Å². The molecule has 0 unspecified atom stereocenters. The summed E-state index contributed by atoms with van der Waals surface area (Å²) in [6.07, 6.45) is 1.27. The number of hydrogen-bond donors (Lipinski definition) is 1. The first-order valence-electron chi connectivity index (χ1n) is 4.86. The molecule has 94 valence electrons. The second-order valence-corrected chi connectivity index (χ2v) is 3.19. The second-order valence-electron chi connectivity index (χ2n) is 3.19. The van der Waals surface area contributed by atoms with E-state index in [-0.39, 0.29) is 38.2 Å². The Balaban J connectivity index is 0.00000144. The van der Waals surface area contributed by atoms with Crippen molar-refractivity contribution < 1.29 is 18.6 Å². The van der Waals surface area contributed by atoms with E-state index in [9.17, 15) is 4.39 Å². The van der Waals surface area contributed by atoms with Crippen molar-refractivity contribution >= 4 is 12.4 Å². The van der Waals surface area contributed by atoms with E-state index in [0.29, 0.717) is 17.2 Å². The molecule has 1 aromatic rings. The molecule has 1 aromatic carbocycles. The quantitative estimate of drug-likeness (QED) is 0.901. The van der Waals surface area contributed by atoms with Gasteiger partial charge < -0.3 is 19.9 Å². The molecule has 0 radical (unpaired) electrons. The molecule has 2 N–H and O–H groups in total. The third kappa shape index (κ3) is 3.51. The van der Waals surface area contributed by atoms with Crippen molar-refractivity contribution in [2.24, 2.45) is 5.73 Å². The van der Waals surface area contributed by atoms with Crippen LogP contribution in [0.2, 0.25) is 0 Å². The maximum atomic E-state index is 13.0. The van der Waals surface area contributed by atoms with Crippen LogP contribution in [-0.4, -0.2) is 19.9 Å². The van der Waals surface area contributed by atoms with Gasteiger partial charge in [0.25, 0.3) is 0 Å². The number of halogens is 2. The number of rotatable bonds is 4. The van der Waals surface area contributed by atoms with E-state index in [1.807, 2.05) is 0 Å². The van der Waals surface area contributed by atoms with E-state index in [1.165, 1.54) is 6.08 Å². The third-order valence-electron chi connectivity index (χ3n) is 2.06. The second kappa shape index (κ2) is 6.32. The fourth-order valence-electron chi connectivity index (χ4n) is 1.31. The van der Waals surface area contributed by atoms with Crippen LogP contribution in [0.1, 0.15) is 0 Å². The molecular weight excluding hydrogens is 249 g/mol. The molecule has 0 fully saturated rings. The fourth-order valence-corrected chi connectivity index (χ4v) is 1.31. The van der Waals surface area contributed by atoms with Crippen LogP contribution in [0.5, 0.6) is 17.2 Å². The smallest absolute Gasteiger partial charge is 0.231 e. The first kappa shape index (κ1) is 13.6. The van der Waals surface area contributed by atoms with Crippen molar-refractivity contribution in [2.75, 3.05) is 19.9 Å². The average Bonchev–Trinajstić information content (AvgIpc) is 2.74. The predicted molar refractivity (Wildman–Crippen MR) is 63.6 cm³/mol. The summed E-state index contributed by atoms with van der Waals surface area (Å²) in [4.78, 5) is 0. The molecule has 2 rings (SSSR count). The summed E-state index contributed by atoms with van der Waals surface area (Å²) in [5.74, 6) is 1.43. The maximum absolute atomic E-state index is 13.0. The van der Waals surface area contributed by atoms with Crippen molar-refractivity contribution in [3.05, 3.63) is 30.1 Å². The Kier molecular flexibility index (Phi) is 5.06.